The van der Waals surface area contributed by atoms with E-state index in [1.165, 1.54) is 24.3 Å². The van der Waals surface area contributed by atoms with E-state index >= 15 is 0 Å². The van der Waals surface area contributed by atoms with E-state index < -0.39 is 17.8 Å². The van der Waals surface area contributed by atoms with Gasteiger partial charge in [0.15, 0.2) is 0 Å². The van der Waals surface area contributed by atoms with Gasteiger partial charge in [0.05, 0.1) is 5.56 Å². The molecular weight excluding hydrogens is 365 g/mol. The molecular formula is C12H7BrClF3OS. The molecule has 0 saturated carbocycles. The van der Waals surface area contributed by atoms with Crippen molar-refractivity contribution in [3.63, 3.8) is 0 Å². The maximum Gasteiger partial charge on any atom is 0.416 e. The number of thiophene rings is 1. The van der Waals surface area contributed by atoms with Gasteiger partial charge in [0.2, 0.25) is 0 Å². The molecule has 0 saturated heterocycles. The minimum atomic E-state index is -4.50. The second kappa shape index (κ2) is 5.44. The summed E-state index contributed by atoms with van der Waals surface area (Å²) >= 11 is 10.0. The van der Waals surface area contributed by atoms with E-state index in [-0.39, 0.29) is 5.56 Å². The molecule has 1 heterocycles. The highest BCUT2D eigenvalue weighted by molar-refractivity contribution is 9.10. The van der Waals surface area contributed by atoms with Crippen molar-refractivity contribution in [2.24, 2.45) is 0 Å². The van der Waals surface area contributed by atoms with Gasteiger partial charge >= 0.3 is 6.18 Å². The number of aliphatic hydroxyl groups is 1. The molecule has 0 bridgehead atoms. The van der Waals surface area contributed by atoms with E-state index in [2.05, 4.69) is 15.9 Å². The Morgan fingerprint density at radius 2 is 1.89 bits per heavy atom. The molecule has 0 aliphatic carbocycles. The Balaban J connectivity index is 2.47. The molecule has 1 N–H and O–H groups in total. The van der Waals surface area contributed by atoms with E-state index in [0.717, 1.165) is 17.4 Å². The van der Waals surface area contributed by atoms with E-state index in [4.69, 9.17) is 11.6 Å². The van der Waals surface area contributed by atoms with Gasteiger partial charge in [-0.15, -0.1) is 11.3 Å². The zero-order valence-corrected chi connectivity index (χ0v) is 12.4. The van der Waals surface area contributed by atoms with Crippen molar-refractivity contribution in [2.75, 3.05) is 0 Å². The van der Waals surface area contributed by atoms with Crippen molar-refractivity contribution < 1.29 is 18.3 Å². The summed E-state index contributed by atoms with van der Waals surface area (Å²) in [6.45, 7) is 0. The average molecular weight is 372 g/mol. The third-order valence-electron chi connectivity index (χ3n) is 2.49. The van der Waals surface area contributed by atoms with Crippen LogP contribution in [0.4, 0.5) is 13.2 Å². The minimum absolute atomic E-state index is 0.180. The Morgan fingerprint density at radius 3 is 2.42 bits per heavy atom. The first-order valence-electron chi connectivity index (χ1n) is 5.09. The van der Waals surface area contributed by atoms with Gasteiger partial charge in [-0.25, -0.2) is 0 Å². The minimum Gasteiger partial charge on any atom is -0.383 e. The molecule has 0 aliphatic rings. The summed E-state index contributed by atoms with van der Waals surface area (Å²) in [5.41, 5.74) is -1.02. The number of aliphatic hydroxyl groups excluding tert-OH is 1. The molecule has 1 aromatic carbocycles. The lowest BCUT2D eigenvalue weighted by Crippen LogP contribution is -2.12. The van der Waals surface area contributed by atoms with Crippen LogP contribution < -0.4 is 0 Å². The standard InChI is InChI=1S/C12H7BrClF3OS/c13-8-5-9(19-11(8)14)10(18)6-3-1-2-4-7(6)12(15,16)17/h1-5,10,18H. The summed E-state index contributed by atoms with van der Waals surface area (Å²) in [7, 11) is 0. The molecule has 1 nitrogen and oxygen atoms in total. The highest BCUT2D eigenvalue weighted by Crippen LogP contribution is 2.41. The summed E-state index contributed by atoms with van der Waals surface area (Å²) in [6.07, 6.45) is -5.86. The maximum atomic E-state index is 12.9. The Kier molecular flexibility index (Phi) is 4.25. The summed E-state index contributed by atoms with van der Waals surface area (Å²) in [5, 5.41) is 10.1. The predicted molar refractivity (Wildman–Crippen MR) is 72.5 cm³/mol. The second-order valence-corrected chi connectivity index (χ2v) is 6.30. The summed E-state index contributed by atoms with van der Waals surface area (Å²) in [6, 6.07) is 6.47. The van der Waals surface area contributed by atoms with E-state index in [1.54, 1.807) is 0 Å². The molecule has 0 spiro atoms. The molecule has 1 unspecified atom stereocenters. The fraction of sp³-hybridized carbons (Fsp3) is 0.167. The van der Waals surface area contributed by atoms with Crippen LogP contribution in [0.5, 0.6) is 0 Å². The van der Waals surface area contributed by atoms with Gasteiger partial charge in [-0.05, 0) is 33.6 Å². The molecule has 2 aromatic rings. The van der Waals surface area contributed by atoms with Crippen LogP contribution in [0.1, 0.15) is 22.1 Å². The number of hydrogen-bond acceptors (Lipinski definition) is 2. The largest absolute Gasteiger partial charge is 0.416 e. The number of hydrogen-bond donors (Lipinski definition) is 1. The van der Waals surface area contributed by atoms with Gasteiger partial charge in [-0.1, -0.05) is 29.8 Å². The first-order chi connectivity index (χ1) is 8.80. The normalized spacial score (nSPS) is 13.6. The zero-order valence-electron chi connectivity index (χ0n) is 9.21. The summed E-state index contributed by atoms with van der Waals surface area (Å²) in [4.78, 5) is 0.355. The Bertz CT molecular complexity index is 577. The molecule has 0 amide bonds. The Labute approximate surface area is 124 Å². The molecule has 2 rings (SSSR count). The highest BCUT2D eigenvalue weighted by atomic mass is 79.9. The van der Waals surface area contributed by atoms with Crippen molar-refractivity contribution >= 4 is 38.9 Å². The molecule has 7 heteroatoms. The van der Waals surface area contributed by atoms with Crippen LogP contribution in [0.3, 0.4) is 0 Å². The van der Waals surface area contributed by atoms with Crippen LogP contribution in [0.15, 0.2) is 34.8 Å². The van der Waals surface area contributed by atoms with Gasteiger partial charge in [-0.2, -0.15) is 13.2 Å². The lowest BCUT2D eigenvalue weighted by Gasteiger charge is -2.16. The van der Waals surface area contributed by atoms with Gasteiger partial charge in [0, 0.05) is 9.35 Å². The molecule has 102 valence electrons. The number of rotatable bonds is 2. The van der Waals surface area contributed by atoms with Crippen LogP contribution in [-0.2, 0) is 6.18 Å². The molecule has 0 radical (unpaired) electrons. The van der Waals surface area contributed by atoms with Gasteiger partial charge in [0.25, 0.3) is 0 Å². The van der Waals surface area contributed by atoms with Crippen LogP contribution >= 0.6 is 38.9 Å². The van der Waals surface area contributed by atoms with Gasteiger partial charge in [0.1, 0.15) is 10.4 Å². The topological polar surface area (TPSA) is 20.2 Å². The quantitative estimate of drug-likeness (QED) is 0.763. The zero-order chi connectivity index (χ0) is 14.2. The molecule has 1 aromatic heterocycles. The smallest absolute Gasteiger partial charge is 0.383 e. The van der Waals surface area contributed by atoms with Crippen molar-refractivity contribution in [3.8, 4) is 0 Å². The first-order valence-corrected chi connectivity index (χ1v) is 7.08. The van der Waals surface area contributed by atoms with Crippen LogP contribution in [0, 0.1) is 0 Å². The fourth-order valence-corrected chi connectivity index (χ4v) is 3.39. The van der Waals surface area contributed by atoms with E-state index in [1.807, 2.05) is 0 Å². The van der Waals surface area contributed by atoms with Crippen molar-refractivity contribution in [1.29, 1.82) is 0 Å². The SMILES string of the molecule is OC(c1cc(Br)c(Cl)s1)c1ccccc1C(F)(F)F. The number of alkyl halides is 3. The van der Waals surface area contributed by atoms with E-state index in [9.17, 15) is 18.3 Å². The van der Waals surface area contributed by atoms with Crippen molar-refractivity contribution in [2.45, 2.75) is 12.3 Å². The van der Waals surface area contributed by atoms with Crippen LogP contribution in [-0.4, -0.2) is 5.11 Å². The Hall–Kier alpha value is -0.560. The molecule has 0 fully saturated rings. The Morgan fingerprint density at radius 1 is 1.26 bits per heavy atom. The first kappa shape index (κ1) is 14.8. The lowest BCUT2D eigenvalue weighted by atomic mass is 10.0. The van der Waals surface area contributed by atoms with Crippen molar-refractivity contribution in [1.82, 2.24) is 0 Å². The number of benzene rings is 1. The summed E-state index contributed by atoms with van der Waals surface area (Å²) in [5.74, 6) is 0. The molecule has 19 heavy (non-hydrogen) atoms. The molecule has 1 atom stereocenters. The fourth-order valence-electron chi connectivity index (χ4n) is 1.64. The maximum absolute atomic E-state index is 12.9. The number of halogens is 5. The second-order valence-electron chi connectivity index (χ2n) is 3.76. The summed E-state index contributed by atoms with van der Waals surface area (Å²) < 4.78 is 39.5. The highest BCUT2D eigenvalue weighted by Gasteiger charge is 2.35. The molecule has 0 aliphatic heterocycles. The van der Waals surface area contributed by atoms with Crippen LogP contribution in [0.2, 0.25) is 4.34 Å². The van der Waals surface area contributed by atoms with Gasteiger partial charge < -0.3 is 5.11 Å². The monoisotopic (exact) mass is 370 g/mol. The third-order valence-corrected chi connectivity index (χ3v) is 5.02. The lowest BCUT2D eigenvalue weighted by molar-refractivity contribution is -0.138. The van der Waals surface area contributed by atoms with Gasteiger partial charge in [-0.3, -0.25) is 0 Å². The third kappa shape index (κ3) is 3.13. The van der Waals surface area contributed by atoms with E-state index in [0.29, 0.717) is 13.7 Å². The van der Waals surface area contributed by atoms with Crippen molar-refractivity contribution in [3.05, 3.63) is 55.1 Å². The van der Waals surface area contributed by atoms with Crippen LogP contribution in [0.25, 0.3) is 0 Å². The average Bonchev–Trinajstić information content (AvgIpc) is 2.68. The predicted octanol–water partition coefficient (Wildman–Crippen LogP) is 5.26.